The Kier molecular flexibility index (Phi) is 5.43. The van der Waals surface area contributed by atoms with Gasteiger partial charge in [-0.2, -0.15) is 5.26 Å². The van der Waals surface area contributed by atoms with Gasteiger partial charge in [-0.05, 0) is 61.4 Å². The van der Waals surface area contributed by atoms with Crippen LogP contribution in [0.25, 0.3) is 0 Å². The lowest BCUT2D eigenvalue weighted by Crippen LogP contribution is -2.15. The van der Waals surface area contributed by atoms with E-state index in [9.17, 15) is 4.79 Å². The summed E-state index contributed by atoms with van der Waals surface area (Å²) >= 11 is 0. The van der Waals surface area contributed by atoms with Crippen molar-refractivity contribution in [1.29, 1.82) is 5.26 Å². The monoisotopic (exact) mass is 357 g/mol. The van der Waals surface area contributed by atoms with Crippen molar-refractivity contribution >= 4 is 23.2 Å². The standard InChI is InChI=1S/C21H19N5O/c1-3-15-4-8-18(9-5-15)25-21-23-14(2)12-19(26-21)20(27)24-17-10-6-16(13-22)7-11-17/h4-12H,3H2,1-2H3,(H,24,27)(H,23,25,26). The maximum atomic E-state index is 12.5. The van der Waals surface area contributed by atoms with Crippen molar-refractivity contribution in [1.82, 2.24) is 9.97 Å². The fourth-order valence-electron chi connectivity index (χ4n) is 2.52. The lowest BCUT2D eigenvalue weighted by molar-refractivity contribution is 0.102. The van der Waals surface area contributed by atoms with Gasteiger partial charge in [-0.15, -0.1) is 0 Å². The minimum Gasteiger partial charge on any atom is -0.324 e. The van der Waals surface area contributed by atoms with Crippen LogP contribution >= 0.6 is 0 Å². The van der Waals surface area contributed by atoms with E-state index in [-0.39, 0.29) is 11.6 Å². The molecule has 0 bridgehead atoms. The zero-order valence-corrected chi connectivity index (χ0v) is 15.2. The summed E-state index contributed by atoms with van der Waals surface area (Å²) in [5.41, 5.74) is 4.18. The number of hydrogen-bond acceptors (Lipinski definition) is 5. The quantitative estimate of drug-likeness (QED) is 0.713. The third-order valence-corrected chi connectivity index (χ3v) is 3.98. The Morgan fingerprint density at radius 2 is 1.70 bits per heavy atom. The number of amides is 1. The van der Waals surface area contributed by atoms with E-state index in [1.165, 1.54) is 5.56 Å². The second-order valence-corrected chi connectivity index (χ2v) is 6.04. The summed E-state index contributed by atoms with van der Waals surface area (Å²) in [6.07, 6.45) is 0.973. The molecule has 1 heterocycles. The molecule has 0 atom stereocenters. The summed E-state index contributed by atoms with van der Waals surface area (Å²) < 4.78 is 0. The number of hydrogen-bond donors (Lipinski definition) is 2. The predicted octanol–water partition coefficient (Wildman–Crippen LogP) is 4.22. The number of carbonyl (C=O) groups is 1. The molecule has 6 nitrogen and oxygen atoms in total. The molecule has 0 unspecified atom stereocenters. The summed E-state index contributed by atoms with van der Waals surface area (Å²) in [5.74, 6) is 0.0267. The number of benzene rings is 2. The molecule has 6 heteroatoms. The van der Waals surface area contributed by atoms with Gasteiger partial charge in [0.2, 0.25) is 5.95 Å². The number of nitrogens with zero attached hydrogens (tertiary/aromatic N) is 3. The van der Waals surface area contributed by atoms with Crippen LogP contribution in [0, 0.1) is 18.3 Å². The molecule has 3 rings (SSSR count). The molecular formula is C21H19N5O. The van der Waals surface area contributed by atoms with E-state index in [2.05, 4.69) is 27.5 Å². The topological polar surface area (TPSA) is 90.7 Å². The molecule has 0 aliphatic rings. The van der Waals surface area contributed by atoms with Crippen molar-refractivity contribution < 1.29 is 4.79 Å². The normalized spacial score (nSPS) is 10.1. The minimum absolute atomic E-state index is 0.263. The van der Waals surface area contributed by atoms with Crippen LogP contribution in [-0.4, -0.2) is 15.9 Å². The molecule has 2 aromatic carbocycles. The summed E-state index contributed by atoms with van der Waals surface area (Å²) in [4.78, 5) is 21.2. The number of carbonyl (C=O) groups excluding carboxylic acids is 1. The van der Waals surface area contributed by atoms with Gasteiger partial charge < -0.3 is 10.6 Å². The van der Waals surface area contributed by atoms with Crippen LogP contribution in [0.5, 0.6) is 0 Å². The molecular weight excluding hydrogens is 338 g/mol. The summed E-state index contributed by atoms with van der Waals surface area (Å²) in [7, 11) is 0. The van der Waals surface area contributed by atoms with Crippen molar-refractivity contribution in [2.24, 2.45) is 0 Å². The van der Waals surface area contributed by atoms with E-state index in [0.29, 0.717) is 22.9 Å². The SMILES string of the molecule is CCc1ccc(Nc2nc(C)cc(C(=O)Nc3ccc(C#N)cc3)n2)cc1. The van der Waals surface area contributed by atoms with Crippen molar-refractivity contribution in [3.05, 3.63) is 77.1 Å². The number of aryl methyl sites for hydroxylation is 2. The van der Waals surface area contributed by atoms with E-state index >= 15 is 0 Å². The molecule has 134 valence electrons. The molecule has 3 aromatic rings. The molecule has 2 N–H and O–H groups in total. The van der Waals surface area contributed by atoms with Crippen LogP contribution in [0.3, 0.4) is 0 Å². The molecule has 0 saturated carbocycles. The average Bonchev–Trinajstić information content (AvgIpc) is 2.68. The minimum atomic E-state index is -0.338. The maximum absolute atomic E-state index is 12.5. The molecule has 0 spiro atoms. The highest BCUT2D eigenvalue weighted by Crippen LogP contribution is 2.16. The van der Waals surface area contributed by atoms with Gasteiger partial charge in [0.15, 0.2) is 0 Å². The molecule has 0 aliphatic heterocycles. The van der Waals surface area contributed by atoms with Gasteiger partial charge in [-0.3, -0.25) is 4.79 Å². The zero-order chi connectivity index (χ0) is 19.2. The second kappa shape index (κ2) is 8.11. The number of nitrogens with one attached hydrogen (secondary N) is 2. The first-order chi connectivity index (χ1) is 13.1. The Balaban J connectivity index is 1.76. The van der Waals surface area contributed by atoms with Crippen molar-refractivity contribution in [2.45, 2.75) is 20.3 Å². The summed E-state index contributed by atoms with van der Waals surface area (Å²) in [6, 6.07) is 18.3. The third-order valence-electron chi connectivity index (χ3n) is 3.98. The van der Waals surface area contributed by atoms with E-state index in [1.54, 1.807) is 30.3 Å². The third kappa shape index (κ3) is 4.67. The molecule has 1 amide bonds. The number of rotatable bonds is 5. The van der Waals surface area contributed by atoms with Gasteiger partial charge in [0.05, 0.1) is 11.6 Å². The Morgan fingerprint density at radius 1 is 1.04 bits per heavy atom. The van der Waals surface area contributed by atoms with Crippen LogP contribution in [0.2, 0.25) is 0 Å². The van der Waals surface area contributed by atoms with Crippen molar-refractivity contribution in [2.75, 3.05) is 10.6 Å². The lowest BCUT2D eigenvalue weighted by Gasteiger charge is -2.09. The molecule has 0 aliphatic carbocycles. The number of nitriles is 1. The smallest absolute Gasteiger partial charge is 0.274 e. The largest absolute Gasteiger partial charge is 0.324 e. The first-order valence-corrected chi connectivity index (χ1v) is 8.60. The maximum Gasteiger partial charge on any atom is 0.274 e. The van der Waals surface area contributed by atoms with Crippen molar-refractivity contribution in [3.8, 4) is 6.07 Å². The van der Waals surface area contributed by atoms with Gasteiger partial charge in [0, 0.05) is 17.1 Å². The lowest BCUT2D eigenvalue weighted by atomic mass is 10.1. The fraction of sp³-hybridized carbons (Fsp3) is 0.143. The van der Waals surface area contributed by atoms with Crippen LogP contribution in [0.1, 0.15) is 34.2 Å². The Labute approximate surface area is 157 Å². The van der Waals surface area contributed by atoms with E-state index < -0.39 is 0 Å². The molecule has 0 radical (unpaired) electrons. The van der Waals surface area contributed by atoms with Gasteiger partial charge in [0.25, 0.3) is 5.91 Å². The van der Waals surface area contributed by atoms with Gasteiger partial charge in [0.1, 0.15) is 5.69 Å². The van der Waals surface area contributed by atoms with E-state index in [1.807, 2.05) is 37.3 Å². The van der Waals surface area contributed by atoms with E-state index in [0.717, 1.165) is 12.1 Å². The first-order valence-electron chi connectivity index (χ1n) is 8.60. The molecule has 0 fully saturated rings. The fourth-order valence-corrected chi connectivity index (χ4v) is 2.52. The van der Waals surface area contributed by atoms with Gasteiger partial charge >= 0.3 is 0 Å². The van der Waals surface area contributed by atoms with Crippen molar-refractivity contribution in [3.63, 3.8) is 0 Å². The Bertz CT molecular complexity index is 989. The number of aromatic nitrogens is 2. The summed E-state index contributed by atoms with van der Waals surface area (Å²) in [6.45, 7) is 3.91. The van der Waals surface area contributed by atoms with E-state index in [4.69, 9.17) is 5.26 Å². The molecule has 1 aromatic heterocycles. The number of anilines is 3. The summed E-state index contributed by atoms with van der Waals surface area (Å²) in [5, 5.41) is 14.7. The highest BCUT2D eigenvalue weighted by atomic mass is 16.1. The van der Waals surface area contributed by atoms with Gasteiger partial charge in [-0.25, -0.2) is 9.97 Å². The van der Waals surface area contributed by atoms with Crippen LogP contribution in [0.4, 0.5) is 17.3 Å². The Morgan fingerprint density at radius 3 is 2.33 bits per heavy atom. The Hall–Kier alpha value is -3.72. The highest BCUT2D eigenvalue weighted by molar-refractivity contribution is 6.03. The van der Waals surface area contributed by atoms with Gasteiger partial charge in [-0.1, -0.05) is 19.1 Å². The van der Waals surface area contributed by atoms with Crippen LogP contribution in [-0.2, 0) is 6.42 Å². The molecule has 27 heavy (non-hydrogen) atoms. The average molecular weight is 357 g/mol. The zero-order valence-electron chi connectivity index (χ0n) is 15.2. The van der Waals surface area contributed by atoms with Crippen LogP contribution in [0.15, 0.2) is 54.6 Å². The predicted molar refractivity (Wildman–Crippen MR) is 105 cm³/mol. The van der Waals surface area contributed by atoms with Crippen LogP contribution < -0.4 is 10.6 Å². The highest BCUT2D eigenvalue weighted by Gasteiger charge is 2.11. The molecule has 0 saturated heterocycles. The second-order valence-electron chi connectivity index (χ2n) is 6.04. The first kappa shape index (κ1) is 18.1.